The Morgan fingerprint density at radius 2 is 1.92 bits per heavy atom. The maximum Gasteiger partial charge on any atom is 0.0654 e. The van der Waals surface area contributed by atoms with E-state index in [-0.39, 0.29) is 0 Å². The van der Waals surface area contributed by atoms with E-state index in [2.05, 4.69) is 24.4 Å². The molecule has 0 saturated heterocycles. The molecule has 1 aromatic rings. The van der Waals surface area contributed by atoms with Crippen LogP contribution in [0.2, 0.25) is 0 Å². The Morgan fingerprint density at radius 3 is 2.42 bits per heavy atom. The van der Waals surface area contributed by atoms with Crippen molar-refractivity contribution in [3.05, 3.63) is 35.4 Å². The second-order valence-electron chi connectivity index (χ2n) is 2.86. The molecule has 0 N–H and O–H groups in total. The van der Waals surface area contributed by atoms with Crippen LogP contribution in [0.5, 0.6) is 0 Å². The van der Waals surface area contributed by atoms with E-state index in [1.807, 2.05) is 26.0 Å². The van der Waals surface area contributed by atoms with Crippen molar-refractivity contribution in [3.8, 4) is 0 Å². The molecule has 0 fully saturated rings. The van der Waals surface area contributed by atoms with E-state index in [1.165, 1.54) is 11.1 Å². The molecule has 0 aromatic heterocycles. The van der Waals surface area contributed by atoms with Crippen LogP contribution < -0.4 is 0 Å². The van der Waals surface area contributed by atoms with Crippen LogP contribution in [0, 0.1) is 13.8 Å². The molecule has 0 aliphatic carbocycles. The quantitative estimate of drug-likeness (QED) is 0.587. The van der Waals surface area contributed by atoms with Crippen LogP contribution in [0.3, 0.4) is 0 Å². The first kappa shape index (κ1) is 8.72. The zero-order chi connectivity index (χ0) is 9.14. The highest BCUT2D eigenvalue weighted by atomic mass is 14.7. The number of rotatable bonds is 2. The standard InChI is InChI=1S/C11H13N/c1-5-10-6-9(3)11(12-4)7-8(10)2/h5-7H,1,4H2,2-3H3. The summed E-state index contributed by atoms with van der Waals surface area (Å²) >= 11 is 0. The summed E-state index contributed by atoms with van der Waals surface area (Å²) in [5.41, 5.74) is 4.46. The van der Waals surface area contributed by atoms with Crippen LogP contribution in [-0.4, -0.2) is 6.72 Å². The third-order valence-electron chi connectivity index (χ3n) is 1.97. The molecule has 1 rings (SSSR count). The first-order valence-corrected chi connectivity index (χ1v) is 3.89. The fourth-order valence-corrected chi connectivity index (χ4v) is 1.21. The molecule has 0 aliphatic rings. The molecule has 0 amide bonds. The molecule has 0 saturated carbocycles. The van der Waals surface area contributed by atoms with E-state index in [4.69, 9.17) is 0 Å². The third kappa shape index (κ3) is 1.45. The highest BCUT2D eigenvalue weighted by Gasteiger charge is 1.99. The lowest BCUT2D eigenvalue weighted by molar-refractivity contribution is 1.34. The smallest absolute Gasteiger partial charge is 0.0654 e. The van der Waals surface area contributed by atoms with E-state index in [1.54, 1.807) is 0 Å². The van der Waals surface area contributed by atoms with Gasteiger partial charge in [-0.25, -0.2) is 0 Å². The van der Waals surface area contributed by atoms with Crippen molar-refractivity contribution in [3.63, 3.8) is 0 Å². The van der Waals surface area contributed by atoms with Gasteiger partial charge in [0.05, 0.1) is 5.69 Å². The molecule has 1 heteroatoms. The highest BCUT2D eigenvalue weighted by molar-refractivity contribution is 5.61. The van der Waals surface area contributed by atoms with Gasteiger partial charge in [0.1, 0.15) is 0 Å². The van der Waals surface area contributed by atoms with Crippen LogP contribution in [0.25, 0.3) is 6.08 Å². The lowest BCUT2D eigenvalue weighted by atomic mass is 10.0. The molecule has 0 atom stereocenters. The normalized spacial score (nSPS) is 9.50. The van der Waals surface area contributed by atoms with Crippen LogP contribution in [0.1, 0.15) is 16.7 Å². The van der Waals surface area contributed by atoms with Crippen LogP contribution in [0.15, 0.2) is 23.7 Å². The second kappa shape index (κ2) is 3.35. The summed E-state index contributed by atoms with van der Waals surface area (Å²) in [6, 6.07) is 4.10. The van der Waals surface area contributed by atoms with E-state index < -0.39 is 0 Å². The average Bonchev–Trinajstić information content (AvgIpc) is 2.08. The number of hydrogen-bond acceptors (Lipinski definition) is 1. The van der Waals surface area contributed by atoms with Crippen molar-refractivity contribution in [1.29, 1.82) is 0 Å². The zero-order valence-electron chi connectivity index (χ0n) is 7.59. The first-order chi connectivity index (χ1) is 5.69. The van der Waals surface area contributed by atoms with Gasteiger partial charge in [0, 0.05) is 0 Å². The Hall–Kier alpha value is -1.37. The number of benzene rings is 1. The molecule has 1 aromatic carbocycles. The fraction of sp³-hybridized carbons (Fsp3) is 0.182. The van der Waals surface area contributed by atoms with Crippen molar-refractivity contribution >= 4 is 18.5 Å². The molecule has 0 aliphatic heterocycles. The number of aryl methyl sites for hydroxylation is 2. The summed E-state index contributed by atoms with van der Waals surface area (Å²) in [4.78, 5) is 3.92. The third-order valence-corrected chi connectivity index (χ3v) is 1.97. The molecule has 12 heavy (non-hydrogen) atoms. The monoisotopic (exact) mass is 159 g/mol. The van der Waals surface area contributed by atoms with Crippen LogP contribution in [0.4, 0.5) is 5.69 Å². The van der Waals surface area contributed by atoms with E-state index in [0.717, 1.165) is 11.3 Å². The van der Waals surface area contributed by atoms with Crippen molar-refractivity contribution in [2.75, 3.05) is 0 Å². The largest absolute Gasteiger partial charge is 0.264 e. The summed E-state index contributed by atoms with van der Waals surface area (Å²) in [5, 5.41) is 0. The summed E-state index contributed by atoms with van der Waals surface area (Å²) in [6.07, 6.45) is 1.86. The average molecular weight is 159 g/mol. The number of aliphatic imine (C=N–C) groups is 1. The Morgan fingerprint density at radius 1 is 1.25 bits per heavy atom. The van der Waals surface area contributed by atoms with Gasteiger partial charge < -0.3 is 0 Å². The molecular weight excluding hydrogens is 146 g/mol. The van der Waals surface area contributed by atoms with Gasteiger partial charge in [-0.15, -0.1) is 0 Å². The van der Waals surface area contributed by atoms with Gasteiger partial charge in [-0.3, -0.25) is 4.99 Å². The number of nitrogens with zero attached hydrogens (tertiary/aromatic N) is 1. The fourth-order valence-electron chi connectivity index (χ4n) is 1.21. The molecule has 62 valence electrons. The van der Waals surface area contributed by atoms with Crippen molar-refractivity contribution in [1.82, 2.24) is 0 Å². The highest BCUT2D eigenvalue weighted by Crippen LogP contribution is 2.23. The minimum Gasteiger partial charge on any atom is -0.264 e. The van der Waals surface area contributed by atoms with Crippen molar-refractivity contribution < 1.29 is 0 Å². The predicted octanol–water partition coefficient (Wildman–Crippen LogP) is 3.28. The van der Waals surface area contributed by atoms with Gasteiger partial charge in [-0.05, 0) is 49.4 Å². The van der Waals surface area contributed by atoms with Gasteiger partial charge >= 0.3 is 0 Å². The summed E-state index contributed by atoms with van der Waals surface area (Å²) < 4.78 is 0. The van der Waals surface area contributed by atoms with Gasteiger partial charge in [0.25, 0.3) is 0 Å². The number of hydrogen-bond donors (Lipinski definition) is 0. The molecule has 0 heterocycles. The predicted molar refractivity (Wildman–Crippen MR) is 55.2 cm³/mol. The van der Waals surface area contributed by atoms with Crippen LogP contribution >= 0.6 is 0 Å². The second-order valence-corrected chi connectivity index (χ2v) is 2.86. The molecule has 0 radical (unpaired) electrons. The minimum absolute atomic E-state index is 0.957. The lowest BCUT2D eigenvalue weighted by Crippen LogP contribution is -1.83. The van der Waals surface area contributed by atoms with Crippen molar-refractivity contribution in [2.45, 2.75) is 13.8 Å². The van der Waals surface area contributed by atoms with Gasteiger partial charge in [0.2, 0.25) is 0 Å². The SMILES string of the molecule is C=Cc1cc(C)c(N=C)cc1C. The van der Waals surface area contributed by atoms with Crippen LogP contribution in [-0.2, 0) is 0 Å². The molecule has 0 bridgehead atoms. The van der Waals surface area contributed by atoms with E-state index in [9.17, 15) is 0 Å². The lowest BCUT2D eigenvalue weighted by Gasteiger charge is -2.04. The summed E-state index contributed by atoms with van der Waals surface area (Å²) in [5.74, 6) is 0. The Bertz CT molecular complexity index is 290. The minimum atomic E-state index is 0.957. The first-order valence-electron chi connectivity index (χ1n) is 3.89. The van der Waals surface area contributed by atoms with Gasteiger partial charge in [-0.1, -0.05) is 12.7 Å². The maximum absolute atomic E-state index is 3.92. The molecule has 0 unspecified atom stereocenters. The van der Waals surface area contributed by atoms with E-state index in [0.29, 0.717) is 0 Å². The summed E-state index contributed by atoms with van der Waals surface area (Å²) in [6.45, 7) is 11.3. The zero-order valence-corrected chi connectivity index (χ0v) is 7.59. The molecular formula is C11H13N. The van der Waals surface area contributed by atoms with Crippen molar-refractivity contribution in [2.24, 2.45) is 4.99 Å². The Labute approximate surface area is 73.5 Å². The maximum atomic E-state index is 3.92. The topological polar surface area (TPSA) is 12.4 Å². The Balaban J connectivity index is 3.34. The summed E-state index contributed by atoms with van der Waals surface area (Å²) in [7, 11) is 0. The van der Waals surface area contributed by atoms with E-state index >= 15 is 0 Å². The molecule has 0 spiro atoms. The molecule has 1 nitrogen and oxygen atoms in total. The van der Waals surface area contributed by atoms with Gasteiger partial charge in [0.15, 0.2) is 0 Å². The Kier molecular flexibility index (Phi) is 2.44. The van der Waals surface area contributed by atoms with Gasteiger partial charge in [-0.2, -0.15) is 0 Å².